The Morgan fingerprint density at radius 2 is 2.00 bits per heavy atom. The third kappa shape index (κ3) is 2.37. The lowest BCUT2D eigenvalue weighted by Gasteiger charge is -2.04. The van der Waals surface area contributed by atoms with Crippen molar-refractivity contribution in [3.8, 4) is 11.3 Å². The molecule has 0 fully saturated rings. The van der Waals surface area contributed by atoms with Crippen LogP contribution < -0.4 is 5.56 Å². The van der Waals surface area contributed by atoms with Crippen molar-refractivity contribution >= 4 is 17.6 Å². The van der Waals surface area contributed by atoms with Crippen LogP contribution in [0.3, 0.4) is 0 Å². The van der Waals surface area contributed by atoms with Crippen molar-refractivity contribution in [2.45, 2.75) is 0 Å². The maximum atomic E-state index is 11.2. The second-order valence-corrected chi connectivity index (χ2v) is 3.84. The summed E-state index contributed by atoms with van der Waals surface area (Å²) in [5, 5.41) is 9.10. The Kier molecular flexibility index (Phi) is 2.97. The number of carboxylic acids is 1. The first-order valence-electron chi connectivity index (χ1n) is 4.80. The largest absolute Gasteiger partial charge is 0.478 e. The van der Waals surface area contributed by atoms with E-state index < -0.39 is 5.97 Å². The van der Waals surface area contributed by atoms with Crippen LogP contribution in [0, 0.1) is 0 Å². The Bertz CT molecular complexity index is 634. The minimum Gasteiger partial charge on any atom is -0.478 e. The number of carboxylic acid groups (broad SMARTS) is 1. The smallest absolute Gasteiger partial charge is 0.337 e. The van der Waals surface area contributed by atoms with Gasteiger partial charge in [0.25, 0.3) is 0 Å². The van der Waals surface area contributed by atoms with Gasteiger partial charge in [0.05, 0.1) is 10.6 Å². The highest BCUT2D eigenvalue weighted by molar-refractivity contribution is 6.33. The van der Waals surface area contributed by atoms with E-state index in [2.05, 4.69) is 4.98 Å². The van der Waals surface area contributed by atoms with Crippen LogP contribution in [0.1, 0.15) is 10.4 Å². The number of benzene rings is 1. The highest BCUT2D eigenvalue weighted by atomic mass is 35.5. The Morgan fingerprint density at radius 1 is 1.24 bits per heavy atom. The number of rotatable bonds is 2. The minimum absolute atomic E-state index is 0.00821. The van der Waals surface area contributed by atoms with Gasteiger partial charge >= 0.3 is 5.97 Å². The maximum Gasteiger partial charge on any atom is 0.337 e. The standard InChI is InChI=1S/C12H8ClNO3/c13-9-5-4-7(6-8(9)12(16)17)10-2-1-3-11(15)14-10/h1-6H,(H,14,15)(H,16,17). The number of aromatic carboxylic acids is 1. The molecule has 0 amide bonds. The molecule has 1 aromatic heterocycles. The average Bonchev–Trinajstić information content (AvgIpc) is 2.29. The topological polar surface area (TPSA) is 70.2 Å². The van der Waals surface area contributed by atoms with E-state index >= 15 is 0 Å². The van der Waals surface area contributed by atoms with Gasteiger partial charge in [0.1, 0.15) is 0 Å². The number of carbonyl (C=O) groups is 1. The van der Waals surface area contributed by atoms with Crippen molar-refractivity contribution in [3.63, 3.8) is 0 Å². The molecule has 0 saturated heterocycles. The van der Waals surface area contributed by atoms with Gasteiger partial charge in [0.2, 0.25) is 5.56 Å². The van der Waals surface area contributed by atoms with E-state index in [1.807, 2.05) is 0 Å². The SMILES string of the molecule is O=C(O)c1cc(-c2cccc(=O)[nH]2)ccc1Cl. The Labute approximate surface area is 101 Å². The molecule has 0 bridgehead atoms. The van der Waals surface area contributed by atoms with Gasteiger partial charge in [0, 0.05) is 11.8 Å². The van der Waals surface area contributed by atoms with E-state index in [1.165, 1.54) is 18.2 Å². The van der Waals surface area contributed by atoms with Crippen molar-refractivity contribution in [1.29, 1.82) is 0 Å². The number of hydrogen-bond donors (Lipinski definition) is 2. The number of hydrogen-bond acceptors (Lipinski definition) is 2. The molecule has 2 aromatic rings. The summed E-state index contributed by atoms with van der Waals surface area (Å²) in [5.74, 6) is -1.10. The van der Waals surface area contributed by atoms with Crippen molar-refractivity contribution in [1.82, 2.24) is 4.98 Å². The van der Waals surface area contributed by atoms with Crippen LogP contribution in [0.5, 0.6) is 0 Å². The molecule has 17 heavy (non-hydrogen) atoms. The number of nitrogens with one attached hydrogen (secondary N) is 1. The van der Waals surface area contributed by atoms with E-state index in [0.717, 1.165) is 0 Å². The molecule has 0 spiro atoms. The highest BCUT2D eigenvalue weighted by Gasteiger charge is 2.10. The van der Waals surface area contributed by atoms with Gasteiger partial charge in [-0.25, -0.2) is 4.79 Å². The molecule has 0 radical (unpaired) electrons. The number of H-pyrrole nitrogens is 1. The zero-order valence-corrected chi connectivity index (χ0v) is 9.36. The molecule has 0 aliphatic heterocycles. The third-order valence-electron chi connectivity index (χ3n) is 2.28. The van der Waals surface area contributed by atoms with Crippen LogP contribution in [-0.4, -0.2) is 16.1 Å². The van der Waals surface area contributed by atoms with Gasteiger partial charge in [-0.3, -0.25) is 4.79 Å². The number of aromatic amines is 1. The fourth-order valence-electron chi connectivity index (χ4n) is 1.47. The van der Waals surface area contributed by atoms with Crippen molar-refractivity contribution in [2.75, 3.05) is 0 Å². The highest BCUT2D eigenvalue weighted by Crippen LogP contribution is 2.23. The molecule has 86 valence electrons. The van der Waals surface area contributed by atoms with Crippen molar-refractivity contribution < 1.29 is 9.90 Å². The molecule has 1 heterocycles. The third-order valence-corrected chi connectivity index (χ3v) is 2.61. The molecule has 0 atom stereocenters. The van der Waals surface area contributed by atoms with Crippen LogP contribution in [0.4, 0.5) is 0 Å². The zero-order chi connectivity index (χ0) is 12.4. The van der Waals surface area contributed by atoms with Gasteiger partial charge in [-0.2, -0.15) is 0 Å². The molecular weight excluding hydrogens is 242 g/mol. The molecule has 0 aliphatic rings. The number of pyridine rings is 1. The Morgan fingerprint density at radius 3 is 2.65 bits per heavy atom. The van der Waals surface area contributed by atoms with Crippen LogP contribution in [0.2, 0.25) is 5.02 Å². The summed E-state index contributed by atoms with van der Waals surface area (Å²) in [7, 11) is 0. The second-order valence-electron chi connectivity index (χ2n) is 3.43. The fourth-order valence-corrected chi connectivity index (χ4v) is 1.67. The second kappa shape index (κ2) is 4.43. The first kappa shape index (κ1) is 11.4. The normalized spacial score (nSPS) is 10.2. The summed E-state index contributed by atoms with van der Waals surface area (Å²) in [6.45, 7) is 0. The monoisotopic (exact) mass is 249 g/mol. The summed E-state index contributed by atoms with van der Waals surface area (Å²) in [6, 6.07) is 9.25. The quantitative estimate of drug-likeness (QED) is 0.859. The van der Waals surface area contributed by atoms with Crippen molar-refractivity contribution in [2.24, 2.45) is 0 Å². The van der Waals surface area contributed by atoms with Crippen LogP contribution in [0.15, 0.2) is 41.2 Å². The summed E-state index contributed by atoms with van der Waals surface area (Å²) in [4.78, 5) is 24.7. The lowest BCUT2D eigenvalue weighted by Crippen LogP contribution is -2.04. The van der Waals surface area contributed by atoms with Gasteiger partial charge in [-0.1, -0.05) is 23.7 Å². The lowest BCUT2D eigenvalue weighted by molar-refractivity contribution is 0.0697. The van der Waals surface area contributed by atoms with Crippen molar-refractivity contribution in [3.05, 3.63) is 57.3 Å². The maximum absolute atomic E-state index is 11.2. The molecular formula is C12H8ClNO3. The summed E-state index contributed by atoms with van der Waals surface area (Å²) in [5.41, 5.74) is 0.921. The Balaban J connectivity index is 2.57. The first-order valence-corrected chi connectivity index (χ1v) is 5.18. The van der Waals surface area contributed by atoms with E-state index in [1.54, 1.807) is 18.2 Å². The number of aromatic nitrogens is 1. The van der Waals surface area contributed by atoms with Crippen LogP contribution in [0.25, 0.3) is 11.3 Å². The molecule has 0 saturated carbocycles. The van der Waals surface area contributed by atoms with Crippen LogP contribution in [-0.2, 0) is 0 Å². The van der Waals surface area contributed by atoms with Gasteiger partial charge in [0.15, 0.2) is 0 Å². The minimum atomic E-state index is -1.10. The zero-order valence-electron chi connectivity index (χ0n) is 8.61. The summed E-state index contributed by atoms with van der Waals surface area (Å²) < 4.78 is 0. The molecule has 1 aromatic carbocycles. The predicted molar refractivity (Wildman–Crippen MR) is 64.5 cm³/mol. The summed E-state index contributed by atoms with van der Waals surface area (Å²) in [6.07, 6.45) is 0. The van der Waals surface area contributed by atoms with Gasteiger partial charge < -0.3 is 10.1 Å². The summed E-state index contributed by atoms with van der Waals surface area (Å²) >= 11 is 5.76. The van der Waals surface area contributed by atoms with Gasteiger partial charge in [-0.15, -0.1) is 0 Å². The van der Waals surface area contributed by atoms with E-state index in [9.17, 15) is 9.59 Å². The van der Waals surface area contributed by atoms with E-state index in [-0.39, 0.29) is 16.1 Å². The number of halogens is 1. The molecule has 4 nitrogen and oxygen atoms in total. The predicted octanol–water partition coefficient (Wildman–Crippen LogP) is 2.39. The lowest BCUT2D eigenvalue weighted by atomic mass is 10.1. The Hall–Kier alpha value is -2.07. The molecule has 2 rings (SSSR count). The average molecular weight is 250 g/mol. The van der Waals surface area contributed by atoms with Crippen LogP contribution >= 0.6 is 11.6 Å². The molecule has 0 aliphatic carbocycles. The molecule has 2 N–H and O–H groups in total. The fraction of sp³-hybridized carbons (Fsp3) is 0. The molecule has 5 heteroatoms. The van der Waals surface area contributed by atoms with E-state index in [4.69, 9.17) is 16.7 Å². The van der Waals surface area contributed by atoms with E-state index in [0.29, 0.717) is 11.3 Å². The first-order chi connectivity index (χ1) is 8.08. The van der Waals surface area contributed by atoms with Gasteiger partial charge in [-0.05, 0) is 23.8 Å². The molecule has 0 unspecified atom stereocenters.